The molecule has 2 N–H and O–H groups in total. The third-order valence-electron chi connectivity index (χ3n) is 7.52. The normalized spacial score (nSPS) is 17.2. The number of aliphatic hydroxyl groups excluding tert-OH is 1. The summed E-state index contributed by atoms with van der Waals surface area (Å²) >= 11 is 0. The number of aryl methyl sites for hydroxylation is 1. The van der Waals surface area contributed by atoms with Crippen molar-refractivity contribution < 1.29 is 13.9 Å². The van der Waals surface area contributed by atoms with E-state index in [-0.39, 0.29) is 23.8 Å². The standard InChI is InChI=1S/C28H31F2N7O/c1-16(38)14-36-10-9-23-18(15-36)7-8-25(33-23)34-28-31-13-22(30)26(35-28)19-11-21(29)27-24(12-19)37(17(2)32-27)20-5-3-4-6-20/h7-8,11-13,16,20,38H,3-6,9-10,14-15H2,1-2H3,(H,31,33,34,35). The van der Waals surface area contributed by atoms with E-state index in [4.69, 9.17) is 4.98 Å². The van der Waals surface area contributed by atoms with Crippen molar-refractivity contribution in [2.24, 2.45) is 0 Å². The smallest absolute Gasteiger partial charge is 0.229 e. The van der Waals surface area contributed by atoms with Crippen molar-refractivity contribution in [1.29, 1.82) is 0 Å². The SMILES string of the molecule is Cc1nc2c(F)cc(-c3nc(Nc4ccc5c(n4)CCN(CC(C)O)C5)ncc3F)cc2n1C1CCCC1. The summed E-state index contributed by atoms with van der Waals surface area (Å²) in [6.45, 7) is 5.85. The van der Waals surface area contributed by atoms with Crippen LogP contribution in [-0.4, -0.2) is 53.7 Å². The van der Waals surface area contributed by atoms with Crippen LogP contribution in [0.5, 0.6) is 0 Å². The highest BCUT2D eigenvalue weighted by Gasteiger charge is 2.24. The molecule has 0 saturated heterocycles. The van der Waals surface area contributed by atoms with Gasteiger partial charge in [-0.2, -0.15) is 0 Å². The lowest BCUT2D eigenvalue weighted by Gasteiger charge is -2.29. The van der Waals surface area contributed by atoms with Gasteiger partial charge in [-0.1, -0.05) is 18.9 Å². The molecule has 1 aliphatic carbocycles. The Morgan fingerprint density at radius 2 is 1.92 bits per heavy atom. The van der Waals surface area contributed by atoms with Crippen LogP contribution in [0.4, 0.5) is 20.5 Å². The summed E-state index contributed by atoms with van der Waals surface area (Å²) in [7, 11) is 0. The summed E-state index contributed by atoms with van der Waals surface area (Å²) in [5.74, 6) is 0.379. The van der Waals surface area contributed by atoms with E-state index < -0.39 is 11.6 Å². The molecule has 6 rings (SSSR count). The fourth-order valence-electron chi connectivity index (χ4n) is 5.85. The van der Waals surface area contributed by atoms with E-state index in [1.54, 1.807) is 13.0 Å². The lowest BCUT2D eigenvalue weighted by molar-refractivity contribution is 0.118. The summed E-state index contributed by atoms with van der Waals surface area (Å²) in [5.41, 5.74) is 3.41. The number of rotatable bonds is 6. The highest BCUT2D eigenvalue weighted by atomic mass is 19.1. The van der Waals surface area contributed by atoms with Gasteiger partial charge < -0.3 is 15.0 Å². The zero-order valence-corrected chi connectivity index (χ0v) is 21.6. The lowest BCUT2D eigenvalue weighted by atomic mass is 10.1. The highest BCUT2D eigenvalue weighted by molar-refractivity contribution is 5.83. The van der Waals surface area contributed by atoms with Crippen molar-refractivity contribution in [1.82, 2.24) is 29.4 Å². The molecule has 0 bridgehead atoms. The second-order valence-electron chi connectivity index (χ2n) is 10.4. The van der Waals surface area contributed by atoms with Crippen LogP contribution in [0.1, 0.15) is 55.7 Å². The summed E-state index contributed by atoms with van der Waals surface area (Å²) in [4.78, 5) is 19.9. The number of nitrogens with zero attached hydrogens (tertiary/aromatic N) is 6. The maximum atomic E-state index is 15.2. The van der Waals surface area contributed by atoms with Gasteiger partial charge in [0.05, 0.1) is 17.8 Å². The molecule has 4 heterocycles. The minimum atomic E-state index is -0.630. The monoisotopic (exact) mass is 519 g/mol. The molecule has 1 atom stereocenters. The number of β-amino-alcohol motifs (C(OH)–C–C–N with tert-alkyl or cyclic N) is 1. The molecule has 0 amide bonds. The zero-order valence-electron chi connectivity index (χ0n) is 21.6. The number of aliphatic hydroxyl groups is 1. The van der Waals surface area contributed by atoms with Gasteiger partial charge in [-0.05, 0) is 50.5 Å². The van der Waals surface area contributed by atoms with E-state index in [1.165, 1.54) is 6.07 Å². The molecule has 2 aliphatic rings. The van der Waals surface area contributed by atoms with Gasteiger partial charge in [0.25, 0.3) is 0 Å². The number of benzene rings is 1. The lowest BCUT2D eigenvalue weighted by Crippen LogP contribution is -2.36. The number of hydrogen-bond donors (Lipinski definition) is 2. The molecule has 38 heavy (non-hydrogen) atoms. The molecule has 1 saturated carbocycles. The number of anilines is 2. The molecule has 8 nitrogen and oxygen atoms in total. The number of pyridine rings is 1. The van der Waals surface area contributed by atoms with Crippen LogP contribution in [0, 0.1) is 18.6 Å². The van der Waals surface area contributed by atoms with Crippen molar-refractivity contribution in [3.8, 4) is 11.3 Å². The maximum Gasteiger partial charge on any atom is 0.229 e. The number of fused-ring (bicyclic) bond motifs is 2. The van der Waals surface area contributed by atoms with Crippen LogP contribution < -0.4 is 5.32 Å². The van der Waals surface area contributed by atoms with Gasteiger partial charge in [0.1, 0.15) is 22.9 Å². The fourth-order valence-corrected chi connectivity index (χ4v) is 5.85. The van der Waals surface area contributed by atoms with E-state index in [0.717, 1.165) is 68.5 Å². The summed E-state index contributed by atoms with van der Waals surface area (Å²) < 4.78 is 32.2. The third kappa shape index (κ3) is 4.74. The molecule has 4 aromatic rings. The Kier molecular flexibility index (Phi) is 6.53. The predicted octanol–water partition coefficient (Wildman–Crippen LogP) is 5.07. The molecule has 1 aliphatic heterocycles. The summed E-state index contributed by atoms with van der Waals surface area (Å²) in [6, 6.07) is 7.18. The van der Waals surface area contributed by atoms with Crippen molar-refractivity contribution in [3.63, 3.8) is 0 Å². The molecule has 3 aromatic heterocycles. The first-order chi connectivity index (χ1) is 18.4. The zero-order chi connectivity index (χ0) is 26.4. The summed E-state index contributed by atoms with van der Waals surface area (Å²) in [6.07, 6.45) is 5.81. The van der Waals surface area contributed by atoms with E-state index in [2.05, 4.69) is 29.7 Å². The fraction of sp³-hybridized carbons (Fsp3) is 0.429. The largest absolute Gasteiger partial charge is 0.392 e. The highest BCUT2D eigenvalue weighted by Crippen LogP contribution is 2.36. The van der Waals surface area contributed by atoms with E-state index >= 15 is 4.39 Å². The van der Waals surface area contributed by atoms with E-state index in [0.29, 0.717) is 29.0 Å². The number of hydrogen-bond acceptors (Lipinski definition) is 7. The van der Waals surface area contributed by atoms with Gasteiger partial charge in [0.2, 0.25) is 5.95 Å². The Balaban J connectivity index is 1.29. The van der Waals surface area contributed by atoms with Crippen LogP contribution >= 0.6 is 0 Å². The second-order valence-corrected chi connectivity index (χ2v) is 10.4. The Bertz CT molecular complexity index is 1500. The topological polar surface area (TPSA) is 92.0 Å². The predicted molar refractivity (Wildman–Crippen MR) is 141 cm³/mol. The van der Waals surface area contributed by atoms with Gasteiger partial charge in [-0.3, -0.25) is 4.90 Å². The Morgan fingerprint density at radius 1 is 1.11 bits per heavy atom. The first-order valence-corrected chi connectivity index (χ1v) is 13.2. The molecular weight excluding hydrogens is 488 g/mol. The van der Waals surface area contributed by atoms with Gasteiger partial charge >= 0.3 is 0 Å². The van der Waals surface area contributed by atoms with Gasteiger partial charge in [-0.15, -0.1) is 0 Å². The Labute approximate surface area is 219 Å². The van der Waals surface area contributed by atoms with Crippen LogP contribution in [0.2, 0.25) is 0 Å². The molecule has 1 aromatic carbocycles. The van der Waals surface area contributed by atoms with Gasteiger partial charge in [0, 0.05) is 43.4 Å². The molecule has 10 heteroatoms. The maximum absolute atomic E-state index is 15.2. The Hall–Kier alpha value is -3.50. The Morgan fingerprint density at radius 3 is 2.71 bits per heavy atom. The molecule has 1 fully saturated rings. The molecule has 1 unspecified atom stereocenters. The van der Waals surface area contributed by atoms with Gasteiger partial charge in [-0.25, -0.2) is 28.7 Å². The van der Waals surface area contributed by atoms with E-state index in [1.807, 2.05) is 19.1 Å². The van der Waals surface area contributed by atoms with Crippen molar-refractivity contribution >= 4 is 22.8 Å². The number of imidazole rings is 1. The molecule has 0 radical (unpaired) electrons. The van der Waals surface area contributed by atoms with Crippen molar-refractivity contribution in [3.05, 3.63) is 59.2 Å². The first kappa shape index (κ1) is 24.8. The van der Waals surface area contributed by atoms with Crippen LogP contribution in [-0.2, 0) is 13.0 Å². The first-order valence-electron chi connectivity index (χ1n) is 13.2. The molecule has 0 spiro atoms. The minimum absolute atomic E-state index is 0.0202. The van der Waals surface area contributed by atoms with Crippen LogP contribution in [0.25, 0.3) is 22.3 Å². The number of nitrogens with one attached hydrogen (secondary N) is 1. The van der Waals surface area contributed by atoms with Crippen molar-refractivity contribution in [2.75, 3.05) is 18.4 Å². The average molecular weight is 520 g/mol. The average Bonchev–Trinajstić information content (AvgIpc) is 3.52. The van der Waals surface area contributed by atoms with E-state index in [9.17, 15) is 9.50 Å². The minimum Gasteiger partial charge on any atom is -0.392 e. The van der Waals surface area contributed by atoms with Crippen LogP contribution in [0.15, 0.2) is 30.5 Å². The van der Waals surface area contributed by atoms with Crippen molar-refractivity contribution in [2.45, 2.75) is 64.6 Å². The van der Waals surface area contributed by atoms with Crippen LogP contribution in [0.3, 0.4) is 0 Å². The second kappa shape index (κ2) is 9.99. The molecular formula is C28H31F2N7O. The quantitative estimate of drug-likeness (QED) is 0.367. The molecule has 198 valence electrons. The summed E-state index contributed by atoms with van der Waals surface area (Å²) in [5, 5.41) is 12.8. The number of halogens is 2. The number of aromatic nitrogens is 5. The third-order valence-corrected chi connectivity index (χ3v) is 7.52. The van der Waals surface area contributed by atoms with Gasteiger partial charge in [0.15, 0.2) is 11.6 Å².